The molecule has 1 saturated heterocycles. The Hall–Kier alpha value is -3.13. The topological polar surface area (TPSA) is 85.7 Å². The number of hydrogen-bond acceptors (Lipinski definition) is 7. The second-order valence-electron chi connectivity index (χ2n) is 6.88. The number of rotatable bonds is 6. The lowest BCUT2D eigenvalue weighted by atomic mass is 10.1. The molecule has 2 N–H and O–H groups in total. The molecule has 0 amide bonds. The molecule has 1 aromatic heterocycles. The highest BCUT2D eigenvalue weighted by Gasteiger charge is 2.19. The smallest absolute Gasteiger partial charge is 0.163 e. The zero-order chi connectivity index (χ0) is 20.4. The van der Waals surface area contributed by atoms with Crippen LogP contribution in [0.2, 0.25) is 0 Å². The van der Waals surface area contributed by atoms with Gasteiger partial charge in [0.2, 0.25) is 0 Å². The van der Waals surface area contributed by atoms with E-state index in [2.05, 4.69) is 15.3 Å². The summed E-state index contributed by atoms with van der Waals surface area (Å²) in [7, 11) is 1.55. The van der Waals surface area contributed by atoms with Crippen LogP contribution in [0.15, 0.2) is 30.6 Å². The van der Waals surface area contributed by atoms with Crippen LogP contribution in [-0.2, 0) is 4.74 Å². The van der Waals surface area contributed by atoms with Crippen molar-refractivity contribution in [2.75, 3.05) is 25.6 Å². The predicted octanol–water partition coefficient (Wildman–Crippen LogP) is 4.09. The van der Waals surface area contributed by atoms with Gasteiger partial charge in [-0.1, -0.05) is 0 Å². The van der Waals surface area contributed by atoms with E-state index in [-0.39, 0.29) is 17.5 Å². The molecule has 0 saturated carbocycles. The highest BCUT2D eigenvalue weighted by molar-refractivity contribution is 5.93. The van der Waals surface area contributed by atoms with Crippen molar-refractivity contribution in [1.29, 1.82) is 0 Å². The van der Waals surface area contributed by atoms with Crippen LogP contribution in [0.3, 0.4) is 0 Å². The Bertz CT molecular complexity index is 1040. The molecule has 1 aliphatic heterocycles. The molecule has 1 fully saturated rings. The molecule has 3 aromatic rings. The maximum atomic E-state index is 14.3. The normalized spacial score (nSPS) is 16.2. The molecule has 0 radical (unpaired) electrons. The molecular formula is C21H22FN3O4. The Balaban J connectivity index is 1.68. The van der Waals surface area contributed by atoms with Crippen LogP contribution < -0.4 is 14.8 Å². The fourth-order valence-electron chi connectivity index (χ4n) is 3.33. The second kappa shape index (κ2) is 8.08. The number of phenolic OH excluding ortho intramolecular Hbond substituents is 1. The molecule has 152 valence electrons. The minimum atomic E-state index is -0.490. The Morgan fingerprint density at radius 1 is 1.28 bits per heavy atom. The minimum Gasteiger partial charge on any atom is -0.508 e. The van der Waals surface area contributed by atoms with Crippen LogP contribution in [0.5, 0.6) is 17.2 Å². The Labute approximate surface area is 167 Å². The molecule has 29 heavy (non-hydrogen) atoms. The molecule has 1 atom stereocenters. The number of ether oxygens (including phenoxy) is 3. The largest absolute Gasteiger partial charge is 0.508 e. The summed E-state index contributed by atoms with van der Waals surface area (Å²) in [6.07, 6.45) is 3.48. The van der Waals surface area contributed by atoms with Crippen molar-refractivity contribution in [3.63, 3.8) is 0 Å². The summed E-state index contributed by atoms with van der Waals surface area (Å²) in [5, 5.41) is 13.5. The summed E-state index contributed by atoms with van der Waals surface area (Å²) < 4.78 is 31.3. The van der Waals surface area contributed by atoms with Gasteiger partial charge in [-0.25, -0.2) is 14.4 Å². The molecule has 7 nitrogen and oxygen atoms in total. The van der Waals surface area contributed by atoms with Crippen molar-refractivity contribution in [3.8, 4) is 17.2 Å². The van der Waals surface area contributed by atoms with Gasteiger partial charge < -0.3 is 24.6 Å². The summed E-state index contributed by atoms with van der Waals surface area (Å²) >= 11 is 0. The molecule has 0 spiro atoms. The number of aromatic hydroxyl groups is 1. The van der Waals surface area contributed by atoms with E-state index < -0.39 is 5.82 Å². The minimum absolute atomic E-state index is 0.00494. The molecule has 0 aliphatic carbocycles. The zero-order valence-electron chi connectivity index (χ0n) is 16.2. The van der Waals surface area contributed by atoms with Gasteiger partial charge in [0.05, 0.1) is 24.4 Å². The Kier molecular flexibility index (Phi) is 5.35. The molecular weight excluding hydrogens is 377 g/mol. The van der Waals surface area contributed by atoms with Gasteiger partial charge in [0.25, 0.3) is 0 Å². The Morgan fingerprint density at radius 2 is 2.14 bits per heavy atom. The standard InChI is InChI=1S/C21H22FN3O4/c1-12-17(26)6-5-15(22)20(12)25-21-14-8-18(27-2)19(9-16(14)23-11-24-21)29-10-13-4-3-7-28-13/h5-6,8-9,11,13,26H,3-4,7,10H2,1-2H3,(H,23,24,25). The highest BCUT2D eigenvalue weighted by Crippen LogP contribution is 2.36. The average molecular weight is 399 g/mol. The quantitative estimate of drug-likeness (QED) is 0.646. The molecule has 0 bridgehead atoms. The second-order valence-corrected chi connectivity index (χ2v) is 6.88. The van der Waals surface area contributed by atoms with Crippen molar-refractivity contribution in [3.05, 3.63) is 42.0 Å². The van der Waals surface area contributed by atoms with E-state index in [9.17, 15) is 9.50 Å². The number of phenols is 1. The molecule has 1 aliphatic rings. The third kappa shape index (κ3) is 3.88. The van der Waals surface area contributed by atoms with Gasteiger partial charge in [0.15, 0.2) is 11.5 Å². The van der Waals surface area contributed by atoms with E-state index in [1.807, 2.05) is 0 Å². The molecule has 2 aromatic carbocycles. The van der Waals surface area contributed by atoms with Gasteiger partial charge in [-0.2, -0.15) is 0 Å². The van der Waals surface area contributed by atoms with Gasteiger partial charge in [0.1, 0.15) is 30.3 Å². The highest BCUT2D eigenvalue weighted by atomic mass is 19.1. The molecule has 4 rings (SSSR count). The van der Waals surface area contributed by atoms with E-state index in [0.717, 1.165) is 19.4 Å². The van der Waals surface area contributed by atoms with E-state index in [1.165, 1.54) is 18.5 Å². The monoisotopic (exact) mass is 399 g/mol. The van der Waals surface area contributed by atoms with Crippen LogP contribution in [0.4, 0.5) is 15.9 Å². The number of nitrogens with one attached hydrogen (secondary N) is 1. The molecule has 8 heteroatoms. The number of hydrogen-bond donors (Lipinski definition) is 2. The third-order valence-corrected chi connectivity index (χ3v) is 5.00. The van der Waals surface area contributed by atoms with Crippen LogP contribution in [-0.4, -0.2) is 41.5 Å². The number of methoxy groups -OCH3 is 1. The fourth-order valence-corrected chi connectivity index (χ4v) is 3.33. The van der Waals surface area contributed by atoms with Crippen molar-refractivity contribution in [2.24, 2.45) is 0 Å². The van der Waals surface area contributed by atoms with Crippen molar-refractivity contribution >= 4 is 22.4 Å². The van der Waals surface area contributed by atoms with Gasteiger partial charge in [0, 0.05) is 23.6 Å². The maximum Gasteiger partial charge on any atom is 0.163 e. The maximum absolute atomic E-state index is 14.3. The Morgan fingerprint density at radius 3 is 2.90 bits per heavy atom. The summed E-state index contributed by atoms with van der Waals surface area (Å²) in [6.45, 7) is 2.82. The fraction of sp³-hybridized carbons (Fsp3) is 0.333. The first kappa shape index (κ1) is 19.2. The lowest BCUT2D eigenvalue weighted by Gasteiger charge is -2.16. The first-order valence-electron chi connectivity index (χ1n) is 9.39. The first-order valence-corrected chi connectivity index (χ1v) is 9.39. The number of halogens is 1. The number of nitrogens with zero attached hydrogens (tertiary/aromatic N) is 2. The molecule has 2 heterocycles. The first-order chi connectivity index (χ1) is 14.1. The number of fused-ring (bicyclic) bond motifs is 1. The van der Waals surface area contributed by atoms with Crippen molar-refractivity contribution in [2.45, 2.75) is 25.9 Å². The van der Waals surface area contributed by atoms with Gasteiger partial charge in [-0.15, -0.1) is 0 Å². The van der Waals surface area contributed by atoms with Crippen molar-refractivity contribution in [1.82, 2.24) is 9.97 Å². The van der Waals surface area contributed by atoms with E-state index in [0.29, 0.717) is 40.4 Å². The predicted molar refractivity (Wildman–Crippen MR) is 107 cm³/mol. The van der Waals surface area contributed by atoms with E-state index >= 15 is 0 Å². The SMILES string of the molecule is COc1cc2c(Nc3c(F)ccc(O)c3C)ncnc2cc1OCC1CCCO1. The number of aromatic nitrogens is 2. The van der Waals surface area contributed by atoms with Gasteiger partial charge >= 0.3 is 0 Å². The summed E-state index contributed by atoms with van der Waals surface area (Å²) in [6, 6.07) is 6.03. The molecule has 1 unspecified atom stereocenters. The van der Waals surface area contributed by atoms with Crippen LogP contribution in [0.25, 0.3) is 10.9 Å². The zero-order valence-corrected chi connectivity index (χ0v) is 16.2. The average Bonchev–Trinajstić information content (AvgIpc) is 3.25. The van der Waals surface area contributed by atoms with Crippen LogP contribution >= 0.6 is 0 Å². The lowest BCUT2D eigenvalue weighted by molar-refractivity contribution is 0.0670. The third-order valence-electron chi connectivity index (χ3n) is 5.00. The van der Waals surface area contributed by atoms with Crippen LogP contribution in [0, 0.1) is 12.7 Å². The number of benzene rings is 2. The van der Waals surface area contributed by atoms with E-state index in [1.54, 1.807) is 26.2 Å². The van der Waals surface area contributed by atoms with Gasteiger partial charge in [-0.05, 0) is 38.0 Å². The van der Waals surface area contributed by atoms with Crippen LogP contribution in [0.1, 0.15) is 18.4 Å². The summed E-state index contributed by atoms with van der Waals surface area (Å²) in [4.78, 5) is 8.54. The van der Waals surface area contributed by atoms with Crippen molar-refractivity contribution < 1.29 is 23.7 Å². The summed E-state index contributed by atoms with van der Waals surface area (Å²) in [5.41, 5.74) is 1.16. The lowest BCUT2D eigenvalue weighted by Crippen LogP contribution is -2.16. The summed E-state index contributed by atoms with van der Waals surface area (Å²) in [5.74, 6) is 0.970. The number of anilines is 2. The van der Waals surface area contributed by atoms with E-state index in [4.69, 9.17) is 14.2 Å². The van der Waals surface area contributed by atoms with Gasteiger partial charge in [-0.3, -0.25) is 0 Å².